The van der Waals surface area contributed by atoms with Crippen molar-refractivity contribution >= 4 is 11.8 Å². The van der Waals surface area contributed by atoms with Gasteiger partial charge < -0.3 is 10.2 Å². The molecule has 0 fully saturated rings. The Morgan fingerprint density at radius 2 is 1.93 bits per heavy atom. The number of carbonyl (C=O) groups excluding carboxylic acids is 1. The van der Waals surface area contributed by atoms with Crippen LogP contribution in [-0.2, 0) is 11.0 Å². The Labute approximate surface area is 151 Å². The van der Waals surface area contributed by atoms with Crippen LogP contribution in [0.1, 0.15) is 40.0 Å². The lowest BCUT2D eigenvalue weighted by atomic mass is 9.97. The van der Waals surface area contributed by atoms with Gasteiger partial charge in [0.05, 0.1) is 23.2 Å². The standard InChI is InChI=1S/C18H13F3N2O4/c1-9-11(3-2-4-12(9)18(19,20)21)13-7-10(8-22)17(27)16(23-13)14(24)5-6-15(25)26/h2-4,7,27H,5-6H2,1H3,(H,25,26). The van der Waals surface area contributed by atoms with Crippen LogP contribution in [-0.4, -0.2) is 26.9 Å². The number of benzene rings is 1. The molecule has 1 heterocycles. The van der Waals surface area contributed by atoms with Gasteiger partial charge in [0, 0.05) is 12.0 Å². The number of hydrogen-bond acceptors (Lipinski definition) is 5. The summed E-state index contributed by atoms with van der Waals surface area (Å²) in [6.45, 7) is 1.23. The third kappa shape index (κ3) is 4.23. The second kappa shape index (κ2) is 7.45. The summed E-state index contributed by atoms with van der Waals surface area (Å²) in [5.74, 6) is -2.81. The Balaban J connectivity index is 2.63. The summed E-state index contributed by atoms with van der Waals surface area (Å²) in [6, 6.07) is 6.12. The molecule has 2 aromatic rings. The van der Waals surface area contributed by atoms with E-state index in [4.69, 9.17) is 10.4 Å². The number of Topliss-reactive ketones (excluding diaryl/α,β-unsaturated/α-hetero) is 1. The Hall–Kier alpha value is -3.41. The zero-order valence-corrected chi connectivity index (χ0v) is 14.0. The van der Waals surface area contributed by atoms with Gasteiger partial charge in [0.1, 0.15) is 11.8 Å². The quantitative estimate of drug-likeness (QED) is 0.768. The van der Waals surface area contributed by atoms with Gasteiger partial charge in [0.2, 0.25) is 0 Å². The summed E-state index contributed by atoms with van der Waals surface area (Å²) >= 11 is 0. The average molecular weight is 378 g/mol. The summed E-state index contributed by atoms with van der Waals surface area (Å²) in [7, 11) is 0. The number of aliphatic carboxylic acids is 1. The largest absolute Gasteiger partial charge is 0.504 e. The normalized spacial score (nSPS) is 11.1. The van der Waals surface area contributed by atoms with E-state index in [0.29, 0.717) is 0 Å². The summed E-state index contributed by atoms with van der Waals surface area (Å²) in [5.41, 5.74) is -2.03. The van der Waals surface area contributed by atoms with E-state index >= 15 is 0 Å². The predicted octanol–water partition coefficient (Wildman–Crippen LogP) is 3.70. The van der Waals surface area contributed by atoms with Crippen LogP contribution in [0.25, 0.3) is 11.3 Å². The fourth-order valence-corrected chi connectivity index (χ4v) is 2.52. The van der Waals surface area contributed by atoms with E-state index in [1.165, 1.54) is 13.0 Å². The first-order valence-corrected chi connectivity index (χ1v) is 7.62. The van der Waals surface area contributed by atoms with Crippen molar-refractivity contribution in [2.24, 2.45) is 0 Å². The Bertz CT molecular complexity index is 962. The van der Waals surface area contributed by atoms with Gasteiger partial charge in [0.25, 0.3) is 0 Å². The van der Waals surface area contributed by atoms with E-state index in [-0.39, 0.29) is 22.4 Å². The lowest BCUT2D eigenvalue weighted by Gasteiger charge is -2.15. The van der Waals surface area contributed by atoms with Crippen LogP contribution in [0.2, 0.25) is 0 Å². The van der Waals surface area contributed by atoms with Crippen LogP contribution >= 0.6 is 0 Å². The molecule has 0 unspecified atom stereocenters. The lowest BCUT2D eigenvalue weighted by molar-refractivity contribution is -0.138. The molecule has 1 aromatic carbocycles. The van der Waals surface area contributed by atoms with Gasteiger partial charge in [-0.25, -0.2) is 4.98 Å². The molecule has 140 valence electrons. The van der Waals surface area contributed by atoms with Crippen molar-refractivity contribution in [3.8, 4) is 23.1 Å². The van der Waals surface area contributed by atoms with Crippen molar-refractivity contribution in [1.29, 1.82) is 5.26 Å². The second-order valence-electron chi connectivity index (χ2n) is 5.66. The molecule has 0 atom stereocenters. The maximum atomic E-state index is 13.1. The summed E-state index contributed by atoms with van der Waals surface area (Å²) in [5, 5.41) is 27.8. The molecule has 0 aliphatic rings. The maximum absolute atomic E-state index is 13.1. The van der Waals surface area contributed by atoms with Gasteiger partial charge in [-0.3, -0.25) is 9.59 Å². The molecule has 2 rings (SSSR count). The molecule has 0 amide bonds. The number of carbonyl (C=O) groups is 2. The van der Waals surface area contributed by atoms with Crippen molar-refractivity contribution < 1.29 is 33.0 Å². The molecule has 6 nitrogen and oxygen atoms in total. The average Bonchev–Trinajstić information content (AvgIpc) is 2.59. The fraction of sp³-hybridized carbons (Fsp3) is 0.222. The summed E-state index contributed by atoms with van der Waals surface area (Å²) < 4.78 is 39.3. The number of rotatable bonds is 5. The lowest BCUT2D eigenvalue weighted by Crippen LogP contribution is -2.10. The van der Waals surface area contributed by atoms with Crippen LogP contribution in [0.15, 0.2) is 24.3 Å². The van der Waals surface area contributed by atoms with Gasteiger partial charge in [-0.15, -0.1) is 0 Å². The van der Waals surface area contributed by atoms with Gasteiger partial charge in [-0.2, -0.15) is 18.4 Å². The molecular formula is C18H13F3N2O4. The van der Waals surface area contributed by atoms with E-state index in [9.17, 15) is 27.9 Å². The zero-order chi connectivity index (χ0) is 20.4. The number of pyridine rings is 1. The predicted molar refractivity (Wildman–Crippen MR) is 87.0 cm³/mol. The van der Waals surface area contributed by atoms with Crippen LogP contribution in [0, 0.1) is 18.3 Å². The van der Waals surface area contributed by atoms with Gasteiger partial charge >= 0.3 is 12.1 Å². The van der Waals surface area contributed by atoms with Gasteiger partial charge in [0.15, 0.2) is 11.5 Å². The second-order valence-corrected chi connectivity index (χ2v) is 5.66. The SMILES string of the molecule is Cc1c(-c2cc(C#N)c(O)c(C(=O)CCC(=O)O)n2)cccc1C(F)(F)F. The van der Waals surface area contributed by atoms with Crippen molar-refractivity contribution in [2.45, 2.75) is 25.9 Å². The number of ketones is 1. The summed E-state index contributed by atoms with van der Waals surface area (Å²) in [6.07, 6.45) is -5.60. The van der Waals surface area contributed by atoms with Gasteiger partial charge in [-0.1, -0.05) is 12.1 Å². The Kier molecular flexibility index (Phi) is 5.49. The smallest absolute Gasteiger partial charge is 0.416 e. The molecule has 1 aromatic heterocycles. The monoisotopic (exact) mass is 378 g/mol. The van der Waals surface area contributed by atoms with E-state index in [2.05, 4.69) is 4.98 Å². The fourth-order valence-electron chi connectivity index (χ4n) is 2.52. The number of nitriles is 1. The molecule has 9 heteroatoms. The molecule has 2 N–H and O–H groups in total. The molecule has 0 bridgehead atoms. The minimum absolute atomic E-state index is 0.0357. The molecule has 0 radical (unpaired) electrons. The highest BCUT2D eigenvalue weighted by atomic mass is 19.4. The van der Waals surface area contributed by atoms with Crippen molar-refractivity contribution in [2.75, 3.05) is 0 Å². The number of hydrogen-bond donors (Lipinski definition) is 2. The van der Waals surface area contributed by atoms with Crippen LogP contribution in [0.3, 0.4) is 0 Å². The minimum atomic E-state index is -4.60. The Morgan fingerprint density at radius 1 is 1.26 bits per heavy atom. The maximum Gasteiger partial charge on any atom is 0.416 e. The van der Waals surface area contributed by atoms with Crippen molar-refractivity contribution in [3.63, 3.8) is 0 Å². The van der Waals surface area contributed by atoms with E-state index in [0.717, 1.165) is 18.2 Å². The number of aromatic hydroxyl groups is 1. The first kappa shape index (κ1) is 19.9. The molecule has 0 aliphatic carbocycles. The number of aromatic nitrogens is 1. The number of alkyl halides is 3. The number of halogens is 3. The minimum Gasteiger partial charge on any atom is -0.504 e. The van der Waals surface area contributed by atoms with E-state index < -0.39 is 47.8 Å². The topological polar surface area (TPSA) is 111 Å². The number of carboxylic acids is 1. The van der Waals surface area contributed by atoms with Crippen LogP contribution in [0.4, 0.5) is 13.2 Å². The van der Waals surface area contributed by atoms with E-state index in [1.807, 2.05) is 0 Å². The van der Waals surface area contributed by atoms with Crippen molar-refractivity contribution in [1.82, 2.24) is 4.98 Å². The van der Waals surface area contributed by atoms with Gasteiger partial charge in [-0.05, 0) is 24.6 Å². The third-order valence-electron chi connectivity index (χ3n) is 3.86. The molecule has 27 heavy (non-hydrogen) atoms. The molecular weight excluding hydrogens is 365 g/mol. The number of carboxylic acid groups (broad SMARTS) is 1. The summed E-state index contributed by atoms with van der Waals surface area (Å²) in [4.78, 5) is 26.7. The Morgan fingerprint density at radius 3 is 2.48 bits per heavy atom. The first-order chi connectivity index (χ1) is 12.6. The highest BCUT2D eigenvalue weighted by Gasteiger charge is 2.33. The highest BCUT2D eigenvalue weighted by molar-refractivity contribution is 5.99. The molecule has 0 saturated carbocycles. The first-order valence-electron chi connectivity index (χ1n) is 7.62. The molecule has 0 saturated heterocycles. The van der Waals surface area contributed by atoms with E-state index in [1.54, 1.807) is 6.07 Å². The van der Waals surface area contributed by atoms with Crippen LogP contribution in [0.5, 0.6) is 5.75 Å². The number of nitrogens with zero attached hydrogens (tertiary/aromatic N) is 2. The van der Waals surface area contributed by atoms with Crippen molar-refractivity contribution in [3.05, 3.63) is 46.6 Å². The highest BCUT2D eigenvalue weighted by Crippen LogP contribution is 2.37. The zero-order valence-electron chi connectivity index (χ0n) is 14.0. The van der Waals surface area contributed by atoms with Crippen LogP contribution < -0.4 is 0 Å². The third-order valence-corrected chi connectivity index (χ3v) is 3.86. The molecule has 0 aliphatic heterocycles. The molecule has 0 spiro atoms.